The summed E-state index contributed by atoms with van der Waals surface area (Å²) in [7, 11) is 0. The average molecular weight is 489 g/mol. The number of benzene rings is 1. The van der Waals surface area contributed by atoms with Gasteiger partial charge < -0.3 is 19.4 Å². The molecule has 1 aromatic carbocycles. The number of rotatable bonds is 12. The van der Waals surface area contributed by atoms with Crippen LogP contribution in [0.1, 0.15) is 65.7 Å². The molecule has 1 heterocycles. The van der Waals surface area contributed by atoms with Crippen LogP contribution < -0.4 is 9.64 Å². The molecule has 192 valence electrons. The lowest BCUT2D eigenvalue weighted by molar-refractivity contribution is -0.793. The van der Waals surface area contributed by atoms with Gasteiger partial charge in [-0.2, -0.15) is 0 Å². The highest BCUT2D eigenvalue weighted by atomic mass is 16.8. The quantitative estimate of drug-likeness (QED) is 0.244. The Balaban J connectivity index is 1.30. The topological polar surface area (TPSA) is 115 Å². The monoisotopic (exact) mass is 488 g/mol. The van der Waals surface area contributed by atoms with Gasteiger partial charge in [0.05, 0.1) is 31.2 Å². The molecule has 9 nitrogen and oxygen atoms in total. The maximum Gasteiger partial charge on any atom is 0.402 e. The third-order valence-electron chi connectivity index (χ3n) is 6.45. The zero-order valence-corrected chi connectivity index (χ0v) is 20.8. The van der Waals surface area contributed by atoms with Gasteiger partial charge in [0.1, 0.15) is 6.10 Å². The van der Waals surface area contributed by atoms with Gasteiger partial charge in [0.2, 0.25) is 0 Å². The molecule has 9 heteroatoms. The van der Waals surface area contributed by atoms with Gasteiger partial charge in [0.15, 0.2) is 0 Å². The summed E-state index contributed by atoms with van der Waals surface area (Å²) in [6.45, 7) is 7.02. The van der Waals surface area contributed by atoms with E-state index < -0.39 is 5.97 Å². The Hall–Kier alpha value is -3.10. The van der Waals surface area contributed by atoms with Crippen LogP contribution in [0.25, 0.3) is 11.3 Å². The normalized spacial score (nSPS) is 19.9. The second kappa shape index (κ2) is 13.1. The first kappa shape index (κ1) is 26.5. The molecule has 0 spiro atoms. The van der Waals surface area contributed by atoms with Gasteiger partial charge >= 0.3 is 17.8 Å². The van der Waals surface area contributed by atoms with E-state index in [0.717, 1.165) is 12.8 Å². The van der Waals surface area contributed by atoms with E-state index in [0.29, 0.717) is 41.1 Å². The summed E-state index contributed by atoms with van der Waals surface area (Å²) in [5, 5.41) is 15.5. The lowest BCUT2D eigenvalue weighted by Crippen LogP contribution is -2.35. The molecule has 0 unspecified atom stereocenters. The number of esters is 2. The maximum atomic E-state index is 12.3. The molecular weight excluding hydrogens is 452 g/mol. The van der Waals surface area contributed by atoms with E-state index in [1.54, 1.807) is 24.3 Å². The van der Waals surface area contributed by atoms with E-state index in [1.807, 2.05) is 6.07 Å². The first-order chi connectivity index (χ1) is 16.8. The van der Waals surface area contributed by atoms with Crippen molar-refractivity contribution in [3.63, 3.8) is 0 Å². The Bertz CT molecular complexity index is 944. The molecule has 0 aliphatic heterocycles. The van der Waals surface area contributed by atoms with Crippen molar-refractivity contribution < 1.29 is 33.3 Å². The van der Waals surface area contributed by atoms with Gasteiger partial charge in [-0.15, -0.1) is 0 Å². The highest BCUT2D eigenvalue weighted by Gasteiger charge is 2.33. The third kappa shape index (κ3) is 7.97. The Morgan fingerprint density at radius 2 is 1.83 bits per heavy atom. The molecule has 1 aromatic heterocycles. The Labute approximate surface area is 206 Å². The van der Waals surface area contributed by atoms with E-state index in [9.17, 15) is 14.8 Å². The Morgan fingerprint density at radius 3 is 2.57 bits per heavy atom. The fourth-order valence-electron chi connectivity index (χ4n) is 4.47. The third-order valence-corrected chi connectivity index (χ3v) is 6.45. The minimum atomic E-state index is -0.421. The van der Waals surface area contributed by atoms with E-state index >= 15 is 0 Å². The minimum Gasteiger partial charge on any atom is -0.466 e. The Kier molecular flexibility index (Phi) is 9.93. The van der Waals surface area contributed by atoms with Crippen LogP contribution in [0.15, 0.2) is 35.0 Å². The minimum absolute atomic E-state index is 0.00677. The second-order valence-corrected chi connectivity index (χ2v) is 9.58. The van der Waals surface area contributed by atoms with Crippen LogP contribution in [-0.4, -0.2) is 36.4 Å². The largest absolute Gasteiger partial charge is 0.466 e. The molecule has 0 saturated heterocycles. The summed E-state index contributed by atoms with van der Waals surface area (Å²) in [5.41, 5.74) is 0.857. The molecule has 3 rings (SSSR count). The molecule has 0 bridgehead atoms. The van der Waals surface area contributed by atoms with Crippen LogP contribution in [0, 0.1) is 23.0 Å². The number of nitrogens with zero attached hydrogens (tertiary/aromatic N) is 2. The van der Waals surface area contributed by atoms with Crippen LogP contribution in [-0.2, 0) is 19.1 Å². The molecule has 3 atom stereocenters. The Morgan fingerprint density at radius 1 is 1.11 bits per heavy atom. The number of carbonyl (C=O) groups is 2. The smallest absolute Gasteiger partial charge is 0.402 e. The first-order valence-corrected chi connectivity index (χ1v) is 12.5. The fourth-order valence-corrected chi connectivity index (χ4v) is 4.47. The molecule has 1 saturated carbocycles. The molecule has 0 N–H and O–H groups in total. The molecule has 1 fully saturated rings. The molecular formula is C26H36N2O7. The van der Waals surface area contributed by atoms with Crippen molar-refractivity contribution in [2.45, 2.75) is 71.8 Å². The van der Waals surface area contributed by atoms with Crippen molar-refractivity contribution in [1.29, 1.82) is 0 Å². The fraction of sp³-hybridized carbons (Fsp3) is 0.615. The zero-order valence-electron chi connectivity index (χ0n) is 20.8. The lowest BCUT2D eigenvalue weighted by Gasteiger charge is -2.36. The second-order valence-electron chi connectivity index (χ2n) is 9.58. The summed E-state index contributed by atoms with van der Waals surface area (Å²) >= 11 is 0. The summed E-state index contributed by atoms with van der Waals surface area (Å²) in [6, 6.07) is 8.98. The summed E-state index contributed by atoms with van der Waals surface area (Å²) in [4.78, 5) is 24.6. The predicted molar refractivity (Wildman–Crippen MR) is 127 cm³/mol. The van der Waals surface area contributed by atoms with Gasteiger partial charge in [0, 0.05) is 5.56 Å². The SMILES string of the molecule is CC(C)[C@@H]1CC[C@@H](C)C[C@H]1OC(=O)CCC(=O)OCCCCOc1no[n+]([O-])c1-c1ccccc1. The van der Waals surface area contributed by atoms with Crippen LogP contribution in [0.3, 0.4) is 0 Å². The highest BCUT2D eigenvalue weighted by molar-refractivity contribution is 5.77. The maximum absolute atomic E-state index is 12.3. The number of ether oxygens (including phenoxy) is 3. The van der Waals surface area contributed by atoms with Crippen molar-refractivity contribution in [2.24, 2.45) is 17.8 Å². The number of carbonyl (C=O) groups excluding carboxylic acids is 2. The number of unbranched alkanes of at least 4 members (excludes halogenated alkanes) is 1. The van der Waals surface area contributed by atoms with E-state index in [1.165, 1.54) is 6.42 Å². The summed E-state index contributed by atoms with van der Waals surface area (Å²) < 4.78 is 21.2. The van der Waals surface area contributed by atoms with Gasteiger partial charge in [-0.3, -0.25) is 14.2 Å². The van der Waals surface area contributed by atoms with E-state index in [-0.39, 0.29) is 49.7 Å². The summed E-state index contributed by atoms with van der Waals surface area (Å²) in [5.74, 6) is 0.752. The van der Waals surface area contributed by atoms with Crippen LogP contribution in [0.5, 0.6) is 5.88 Å². The predicted octanol–water partition coefficient (Wildman–Crippen LogP) is 4.46. The van der Waals surface area contributed by atoms with Crippen molar-refractivity contribution in [3.05, 3.63) is 35.5 Å². The van der Waals surface area contributed by atoms with Gasteiger partial charge in [-0.1, -0.05) is 57.5 Å². The average Bonchev–Trinajstić information content (AvgIpc) is 3.20. The zero-order chi connectivity index (χ0) is 25.2. The molecule has 35 heavy (non-hydrogen) atoms. The van der Waals surface area contributed by atoms with Crippen molar-refractivity contribution in [2.75, 3.05) is 13.2 Å². The van der Waals surface area contributed by atoms with Crippen LogP contribution >= 0.6 is 0 Å². The van der Waals surface area contributed by atoms with E-state index in [2.05, 4.69) is 30.6 Å². The number of aromatic nitrogens is 2. The van der Waals surface area contributed by atoms with Crippen molar-refractivity contribution in [1.82, 2.24) is 5.16 Å². The summed E-state index contributed by atoms with van der Waals surface area (Å²) in [6.07, 6.45) is 4.26. The van der Waals surface area contributed by atoms with E-state index in [4.69, 9.17) is 14.2 Å². The molecule has 0 amide bonds. The molecule has 1 aliphatic rings. The van der Waals surface area contributed by atoms with Gasteiger partial charge in [0.25, 0.3) is 5.69 Å². The van der Waals surface area contributed by atoms with Gasteiger partial charge in [-0.05, 0) is 48.3 Å². The standard InChI is InChI=1S/C26H36N2O7/c1-18(2)21-12-11-19(3)17-22(21)34-24(30)14-13-23(29)32-15-7-8-16-33-26-25(28(31)35-27-26)20-9-5-4-6-10-20/h4-6,9-10,18-19,21-22H,7-8,11-17H2,1-3H3/t19-,21+,22-/m1/s1. The van der Waals surface area contributed by atoms with Crippen molar-refractivity contribution in [3.8, 4) is 17.1 Å². The number of hydrogen-bond donors (Lipinski definition) is 0. The van der Waals surface area contributed by atoms with Crippen molar-refractivity contribution >= 4 is 11.9 Å². The van der Waals surface area contributed by atoms with Crippen LogP contribution in [0.2, 0.25) is 0 Å². The molecule has 1 aliphatic carbocycles. The number of hydrogen-bond acceptors (Lipinski definition) is 8. The molecule has 2 aromatic rings. The van der Waals surface area contributed by atoms with Crippen LogP contribution in [0.4, 0.5) is 0 Å². The molecule has 0 radical (unpaired) electrons. The highest BCUT2D eigenvalue weighted by Crippen LogP contribution is 2.35. The van der Waals surface area contributed by atoms with Gasteiger partial charge in [-0.25, -0.2) is 0 Å². The lowest BCUT2D eigenvalue weighted by atomic mass is 9.75. The first-order valence-electron chi connectivity index (χ1n) is 12.5.